The van der Waals surface area contributed by atoms with Gasteiger partial charge in [-0.25, -0.2) is 4.79 Å². The van der Waals surface area contributed by atoms with Gasteiger partial charge in [-0.3, -0.25) is 0 Å². The van der Waals surface area contributed by atoms with E-state index in [1.807, 2.05) is 17.6 Å². The van der Waals surface area contributed by atoms with Crippen molar-refractivity contribution in [3.8, 4) is 0 Å². The van der Waals surface area contributed by atoms with E-state index in [0.29, 0.717) is 18.5 Å². The molecule has 0 amide bonds. The van der Waals surface area contributed by atoms with Crippen molar-refractivity contribution in [3.05, 3.63) is 35.0 Å². The molecular weight excluding hydrogens is 242 g/mol. The lowest BCUT2D eigenvalue weighted by atomic mass is 10.1. The summed E-state index contributed by atoms with van der Waals surface area (Å²) < 4.78 is 2.02. The monoisotopic (exact) mass is 261 g/mol. The number of aromatic carboxylic acids is 1. The highest BCUT2D eigenvalue weighted by atomic mass is 16.4. The van der Waals surface area contributed by atoms with Crippen LogP contribution in [0.3, 0.4) is 0 Å². The molecule has 0 aliphatic heterocycles. The maximum absolute atomic E-state index is 11.4. The highest BCUT2D eigenvalue weighted by molar-refractivity contribution is 6.03. The number of benzene rings is 1. The maximum atomic E-state index is 11.4. The van der Waals surface area contributed by atoms with Crippen LogP contribution in [0.2, 0.25) is 0 Å². The summed E-state index contributed by atoms with van der Waals surface area (Å²) in [6.07, 6.45) is 1.50. The quantitative estimate of drug-likeness (QED) is 0.869. The zero-order valence-corrected chi connectivity index (χ0v) is 11.3. The predicted octanol–water partition coefficient (Wildman–Crippen LogP) is 2.59. The first-order valence-electron chi connectivity index (χ1n) is 6.56. The summed E-state index contributed by atoms with van der Waals surface area (Å²) in [4.78, 5) is 11.4. The second kappa shape index (κ2) is 5.45. The zero-order chi connectivity index (χ0) is 14.0. The molecule has 102 valence electrons. The number of fused-ring (bicyclic) bond motifs is 1. The van der Waals surface area contributed by atoms with Crippen LogP contribution in [0, 0.1) is 6.92 Å². The van der Waals surface area contributed by atoms with Crippen molar-refractivity contribution in [1.82, 2.24) is 4.57 Å². The molecule has 0 fully saturated rings. The van der Waals surface area contributed by atoms with Gasteiger partial charge in [-0.05, 0) is 31.4 Å². The number of carbonyl (C=O) groups is 1. The number of aliphatic hydroxyl groups is 1. The fraction of sp³-hybridized carbons (Fsp3) is 0.400. The van der Waals surface area contributed by atoms with E-state index in [1.165, 1.54) is 5.56 Å². The topological polar surface area (TPSA) is 62.5 Å². The number of para-hydroxylation sites is 1. The first-order valence-corrected chi connectivity index (χ1v) is 6.56. The lowest BCUT2D eigenvalue weighted by Crippen LogP contribution is -2.06. The Balaban J connectivity index is 2.76. The van der Waals surface area contributed by atoms with E-state index in [2.05, 4.69) is 6.92 Å². The van der Waals surface area contributed by atoms with Gasteiger partial charge in [-0.1, -0.05) is 19.1 Å². The largest absolute Gasteiger partial charge is 0.478 e. The number of aromatic nitrogens is 1. The number of nitrogens with zero attached hydrogens (tertiary/aromatic N) is 1. The van der Waals surface area contributed by atoms with E-state index in [1.54, 1.807) is 12.1 Å². The van der Waals surface area contributed by atoms with Gasteiger partial charge in [0.05, 0.1) is 11.1 Å². The standard InChI is InChI=1S/C15H19NO3/c1-3-11-10(2)16(8-5-9-17)14-12(11)6-4-7-13(14)15(18)19/h4,6-7,17H,3,5,8-9H2,1-2H3,(H,18,19). The smallest absolute Gasteiger partial charge is 0.337 e. The summed E-state index contributed by atoms with van der Waals surface area (Å²) in [6, 6.07) is 5.41. The fourth-order valence-electron chi connectivity index (χ4n) is 2.73. The Morgan fingerprint density at radius 3 is 2.68 bits per heavy atom. The molecule has 19 heavy (non-hydrogen) atoms. The molecule has 1 aromatic carbocycles. The first-order chi connectivity index (χ1) is 9.11. The lowest BCUT2D eigenvalue weighted by molar-refractivity contribution is 0.0698. The second-order valence-corrected chi connectivity index (χ2v) is 4.65. The van der Waals surface area contributed by atoms with Crippen LogP contribution in [0.5, 0.6) is 0 Å². The molecule has 4 heteroatoms. The molecule has 0 atom stereocenters. The zero-order valence-electron chi connectivity index (χ0n) is 11.3. The summed E-state index contributed by atoms with van der Waals surface area (Å²) in [5, 5.41) is 19.4. The Bertz CT molecular complexity index is 613. The van der Waals surface area contributed by atoms with Gasteiger partial charge in [0.2, 0.25) is 0 Å². The van der Waals surface area contributed by atoms with Crippen molar-refractivity contribution in [2.24, 2.45) is 0 Å². The van der Waals surface area contributed by atoms with E-state index >= 15 is 0 Å². The van der Waals surface area contributed by atoms with Crippen molar-refractivity contribution in [1.29, 1.82) is 0 Å². The molecule has 0 saturated carbocycles. The molecule has 0 aliphatic rings. The maximum Gasteiger partial charge on any atom is 0.337 e. The summed E-state index contributed by atoms with van der Waals surface area (Å²) in [6.45, 7) is 4.84. The Morgan fingerprint density at radius 1 is 1.37 bits per heavy atom. The molecule has 2 aromatic rings. The normalized spacial score (nSPS) is 11.1. The summed E-state index contributed by atoms with van der Waals surface area (Å²) in [5.74, 6) is -0.906. The Labute approximate surface area is 112 Å². The molecule has 0 radical (unpaired) electrons. The average Bonchev–Trinajstić information content (AvgIpc) is 2.67. The minimum atomic E-state index is -0.906. The van der Waals surface area contributed by atoms with Gasteiger partial charge < -0.3 is 14.8 Å². The van der Waals surface area contributed by atoms with Gasteiger partial charge in [0.25, 0.3) is 0 Å². The van der Waals surface area contributed by atoms with Crippen LogP contribution in [0.1, 0.15) is 35.0 Å². The summed E-state index contributed by atoms with van der Waals surface area (Å²) in [7, 11) is 0. The Hall–Kier alpha value is -1.81. The number of aryl methyl sites for hydroxylation is 2. The number of aliphatic hydroxyl groups excluding tert-OH is 1. The van der Waals surface area contributed by atoms with E-state index in [0.717, 1.165) is 23.0 Å². The third kappa shape index (κ3) is 2.24. The highest BCUT2D eigenvalue weighted by Crippen LogP contribution is 2.29. The third-order valence-corrected chi connectivity index (χ3v) is 3.60. The van der Waals surface area contributed by atoms with Gasteiger partial charge in [0, 0.05) is 24.2 Å². The van der Waals surface area contributed by atoms with E-state index in [-0.39, 0.29) is 6.61 Å². The average molecular weight is 261 g/mol. The van der Waals surface area contributed by atoms with Gasteiger partial charge in [0.15, 0.2) is 0 Å². The Kier molecular flexibility index (Phi) is 3.90. The lowest BCUT2D eigenvalue weighted by Gasteiger charge is -2.09. The van der Waals surface area contributed by atoms with Gasteiger partial charge >= 0.3 is 5.97 Å². The van der Waals surface area contributed by atoms with Crippen molar-refractivity contribution in [3.63, 3.8) is 0 Å². The molecule has 1 aromatic heterocycles. The van der Waals surface area contributed by atoms with Gasteiger partial charge in [-0.15, -0.1) is 0 Å². The molecule has 0 unspecified atom stereocenters. The van der Waals surface area contributed by atoms with Crippen LogP contribution in [-0.4, -0.2) is 27.4 Å². The number of hydrogen-bond acceptors (Lipinski definition) is 2. The predicted molar refractivity (Wildman–Crippen MR) is 74.7 cm³/mol. The van der Waals surface area contributed by atoms with Crippen LogP contribution < -0.4 is 0 Å². The van der Waals surface area contributed by atoms with Crippen LogP contribution in [0.25, 0.3) is 10.9 Å². The van der Waals surface area contributed by atoms with Crippen LogP contribution in [-0.2, 0) is 13.0 Å². The van der Waals surface area contributed by atoms with Gasteiger partial charge in [-0.2, -0.15) is 0 Å². The minimum absolute atomic E-state index is 0.107. The van der Waals surface area contributed by atoms with Crippen LogP contribution >= 0.6 is 0 Å². The number of hydrogen-bond donors (Lipinski definition) is 2. The summed E-state index contributed by atoms with van der Waals surface area (Å²) in [5.41, 5.74) is 3.40. The number of carboxylic acids is 1. The highest BCUT2D eigenvalue weighted by Gasteiger charge is 2.18. The SMILES string of the molecule is CCc1c(C)n(CCCO)c2c(C(=O)O)cccc12. The Morgan fingerprint density at radius 2 is 2.11 bits per heavy atom. The van der Waals surface area contributed by atoms with Crippen molar-refractivity contribution in [2.45, 2.75) is 33.2 Å². The molecule has 2 N–H and O–H groups in total. The van der Waals surface area contributed by atoms with Crippen molar-refractivity contribution in [2.75, 3.05) is 6.61 Å². The molecule has 0 spiro atoms. The van der Waals surface area contributed by atoms with Crippen LogP contribution in [0.15, 0.2) is 18.2 Å². The van der Waals surface area contributed by atoms with E-state index < -0.39 is 5.97 Å². The molecule has 0 bridgehead atoms. The number of rotatable bonds is 5. The third-order valence-electron chi connectivity index (χ3n) is 3.60. The summed E-state index contributed by atoms with van der Waals surface area (Å²) >= 11 is 0. The molecule has 2 rings (SSSR count). The molecule has 1 heterocycles. The van der Waals surface area contributed by atoms with E-state index in [9.17, 15) is 9.90 Å². The first kappa shape index (κ1) is 13.6. The minimum Gasteiger partial charge on any atom is -0.478 e. The molecule has 0 aliphatic carbocycles. The van der Waals surface area contributed by atoms with Crippen molar-refractivity contribution < 1.29 is 15.0 Å². The second-order valence-electron chi connectivity index (χ2n) is 4.65. The number of carboxylic acid groups (broad SMARTS) is 1. The van der Waals surface area contributed by atoms with Crippen molar-refractivity contribution >= 4 is 16.9 Å². The van der Waals surface area contributed by atoms with Crippen LogP contribution in [0.4, 0.5) is 0 Å². The molecule has 0 saturated heterocycles. The van der Waals surface area contributed by atoms with Gasteiger partial charge in [0.1, 0.15) is 0 Å². The van der Waals surface area contributed by atoms with E-state index in [4.69, 9.17) is 5.11 Å². The fourth-order valence-corrected chi connectivity index (χ4v) is 2.73. The molecular formula is C15H19NO3. The molecule has 4 nitrogen and oxygen atoms in total.